The Labute approximate surface area is 153 Å². The molecule has 0 aliphatic heterocycles. The highest BCUT2D eigenvalue weighted by atomic mass is 35.5. The molecule has 0 bridgehead atoms. The van der Waals surface area contributed by atoms with Crippen LogP contribution in [0.3, 0.4) is 0 Å². The number of rotatable bonds is 7. The molecule has 25 heavy (non-hydrogen) atoms. The van der Waals surface area contributed by atoms with Crippen LogP contribution in [0.4, 0.5) is 8.78 Å². The van der Waals surface area contributed by atoms with Crippen molar-refractivity contribution in [1.82, 2.24) is 5.43 Å². The lowest BCUT2D eigenvalue weighted by Gasteiger charge is -2.07. The summed E-state index contributed by atoms with van der Waals surface area (Å²) < 4.78 is 31.8. The summed E-state index contributed by atoms with van der Waals surface area (Å²) in [6.07, 6.45) is 1.61. The van der Waals surface area contributed by atoms with Crippen LogP contribution in [0.2, 0.25) is 10.0 Å². The van der Waals surface area contributed by atoms with E-state index in [4.69, 9.17) is 27.9 Å². The Morgan fingerprint density at radius 3 is 2.80 bits per heavy atom. The standard InChI is InChI=1S/C17H14Cl2F2N2O2/c18-12-6-7-15(13(19)9-12)25-8-2-5-16(24)23-22-10-11-3-1-4-14(20)17(11)21/h1,3-4,6-7,9-10H,2,5,8H2,(H,23,24). The predicted molar refractivity (Wildman–Crippen MR) is 93.3 cm³/mol. The van der Waals surface area contributed by atoms with Gasteiger partial charge in [-0.2, -0.15) is 5.10 Å². The van der Waals surface area contributed by atoms with Crippen LogP contribution in [0.15, 0.2) is 41.5 Å². The molecule has 0 unspecified atom stereocenters. The molecule has 0 spiro atoms. The molecule has 0 radical (unpaired) electrons. The third-order valence-corrected chi connectivity index (χ3v) is 3.60. The average molecular weight is 387 g/mol. The molecule has 4 nitrogen and oxygen atoms in total. The highest BCUT2D eigenvalue weighted by molar-refractivity contribution is 6.35. The van der Waals surface area contributed by atoms with Crippen molar-refractivity contribution in [1.29, 1.82) is 0 Å². The number of carbonyl (C=O) groups excluding carboxylic acids is 1. The molecule has 0 saturated heterocycles. The summed E-state index contributed by atoms with van der Waals surface area (Å²) in [5.74, 6) is -1.90. The minimum absolute atomic E-state index is 0.0546. The zero-order valence-corrected chi connectivity index (χ0v) is 14.5. The van der Waals surface area contributed by atoms with Crippen LogP contribution >= 0.6 is 23.2 Å². The fourth-order valence-corrected chi connectivity index (χ4v) is 2.32. The molecule has 0 aliphatic carbocycles. The lowest BCUT2D eigenvalue weighted by Crippen LogP contribution is -2.18. The molecule has 2 aromatic rings. The van der Waals surface area contributed by atoms with Gasteiger partial charge >= 0.3 is 0 Å². The highest BCUT2D eigenvalue weighted by Gasteiger charge is 2.06. The second-order valence-corrected chi connectivity index (χ2v) is 5.81. The number of ether oxygens (including phenoxy) is 1. The van der Waals surface area contributed by atoms with E-state index in [0.717, 1.165) is 12.3 Å². The van der Waals surface area contributed by atoms with Crippen molar-refractivity contribution in [3.8, 4) is 5.75 Å². The largest absolute Gasteiger partial charge is 0.492 e. The van der Waals surface area contributed by atoms with E-state index in [1.54, 1.807) is 18.2 Å². The monoisotopic (exact) mass is 386 g/mol. The zero-order chi connectivity index (χ0) is 18.2. The predicted octanol–water partition coefficient (Wildman–Crippen LogP) is 4.58. The molecular weight excluding hydrogens is 373 g/mol. The van der Waals surface area contributed by atoms with Crippen molar-refractivity contribution in [3.63, 3.8) is 0 Å². The van der Waals surface area contributed by atoms with Gasteiger partial charge in [0.25, 0.3) is 0 Å². The summed E-state index contributed by atoms with van der Waals surface area (Å²) in [5.41, 5.74) is 2.18. The summed E-state index contributed by atoms with van der Waals surface area (Å²) in [6, 6.07) is 8.54. The van der Waals surface area contributed by atoms with Gasteiger partial charge in [-0.15, -0.1) is 0 Å². The lowest BCUT2D eigenvalue weighted by molar-refractivity contribution is -0.121. The number of hydrazone groups is 1. The summed E-state index contributed by atoms with van der Waals surface area (Å²) in [4.78, 5) is 11.6. The molecule has 2 rings (SSSR count). The van der Waals surface area contributed by atoms with E-state index in [2.05, 4.69) is 10.5 Å². The van der Waals surface area contributed by atoms with Gasteiger partial charge in [-0.05, 0) is 30.7 Å². The molecule has 132 valence electrons. The number of nitrogens with zero attached hydrogens (tertiary/aromatic N) is 1. The van der Waals surface area contributed by atoms with Crippen molar-refractivity contribution < 1.29 is 18.3 Å². The smallest absolute Gasteiger partial charge is 0.240 e. The van der Waals surface area contributed by atoms with Gasteiger partial charge in [0.05, 0.1) is 17.8 Å². The summed E-state index contributed by atoms with van der Waals surface area (Å²) in [7, 11) is 0. The van der Waals surface area contributed by atoms with Gasteiger partial charge in [-0.3, -0.25) is 4.79 Å². The number of benzene rings is 2. The average Bonchev–Trinajstić information content (AvgIpc) is 2.57. The lowest BCUT2D eigenvalue weighted by atomic mass is 10.2. The molecule has 0 saturated carbocycles. The van der Waals surface area contributed by atoms with Crippen LogP contribution in [0.5, 0.6) is 5.75 Å². The van der Waals surface area contributed by atoms with Crippen LogP contribution < -0.4 is 10.2 Å². The Morgan fingerprint density at radius 1 is 1.24 bits per heavy atom. The maximum Gasteiger partial charge on any atom is 0.240 e. The zero-order valence-electron chi connectivity index (χ0n) is 12.9. The van der Waals surface area contributed by atoms with Gasteiger partial charge in [0.1, 0.15) is 5.75 Å². The number of carbonyl (C=O) groups is 1. The Balaban J connectivity index is 1.72. The number of hydrogen-bond donors (Lipinski definition) is 1. The molecule has 0 aromatic heterocycles. The molecule has 8 heteroatoms. The van der Waals surface area contributed by atoms with E-state index in [1.165, 1.54) is 12.1 Å². The fraction of sp³-hybridized carbons (Fsp3) is 0.176. The van der Waals surface area contributed by atoms with E-state index < -0.39 is 11.6 Å². The summed E-state index contributed by atoms with van der Waals surface area (Å²) in [5, 5.41) is 4.49. The maximum atomic E-state index is 13.4. The fourth-order valence-electron chi connectivity index (χ4n) is 1.86. The first-order chi connectivity index (χ1) is 12.0. The van der Waals surface area contributed by atoms with Crippen molar-refractivity contribution >= 4 is 35.3 Å². The SMILES string of the molecule is O=C(CCCOc1ccc(Cl)cc1Cl)NN=Cc1cccc(F)c1F. The van der Waals surface area contributed by atoms with Crippen LogP contribution in [-0.2, 0) is 4.79 Å². The van der Waals surface area contributed by atoms with Gasteiger partial charge in [0.15, 0.2) is 11.6 Å². The second kappa shape index (κ2) is 9.34. The van der Waals surface area contributed by atoms with Crippen LogP contribution in [-0.4, -0.2) is 18.7 Å². The van der Waals surface area contributed by atoms with E-state index >= 15 is 0 Å². The number of amides is 1. The first-order valence-electron chi connectivity index (χ1n) is 7.31. The Morgan fingerprint density at radius 2 is 2.04 bits per heavy atom. The normalized spacial score (nSPS) is 10.9. The third-order valence-electron chi connectivity index (χ3n) is 3.07. The Bertz CT molecular complexity index is 785. The number of halogens is 4. The van der Waals surface area contributed by atoms with Crippen LogP contribution in [0.1, 0.15) is 18.4 Å². The molecular formula is C17H14Cl2F2N2O2. The van der Waals surface area contributed by atoms with Crippen LogP contribution in [0.25, 0.3) is 0 Å². The number of nitrogens with one attached hydrogen (secondary N) is 1. The van der Waals surface area contributed by atoms with Gasteiger partial charge in [-0.1, -0.05) is 35.3 Å². The van der Waals surface area contributed by atoms with E-state index in [0.29, 0.717) is 22.2 Å². The van der Waals surface area contributed by atoms with E-state index in [9.17, 15) is 13.6 Å². The molecule has 0 aliphatic rings. The van der Waals surface area contributed by atoms with Crippen molar-refractivity contribution in [2.75, 3.05) is 6.61 Å². The van der Waals surface area contributed by atoms with Gasteiger partial charge in [-0.25, -0.2) is 14.2 Å². The molecule has 0 heterocycles. The van der Waals surface area contributed by atoms with E-state index in [1.807, 2.05) is 0 Å². The first-order valence-corrected chi connectivity index (χ1v) is 8.06. The van der Waals surface area contributed by atoms with Crippen molar-refractivity contribution in [2.45, 2.75) is 12.8 Å². The van der Waals surface area contributed by atoms with Gasteiger partial charge in [0, 0.05) is 17.0 Å². The van der Waals surface area contributed by atoms with Crippen molar-refractivity contribution in [2.24, 2.45) is 5.10 Å². The van der Waals surface area contributed by atoms with Gasteiger partial charge < -0.3 is 4.74 Å². The summed E-state index contributed by atoms with van der Waals surface area (Å²) in [6.45, 7) is 0.275. The number of hydrogen-bond acceptors (Lipinski definition) is 3. The van der Waals surface area contributed by atoms with Crippen LogP contribution in [0, 0.1) is 11.6 Å². The highest BCUT2D eigenvalue weighted by Crippen LogP contribution is 2.27. The molecule has 1 N–H and O–H groups in total. The Hall–Kier alpha value is -2.18. The Kier molecular flexibility index (Phi) is 7.16. The minimum atomic E-state index is -1.02. The molecule has 0 atom stereocenters. The van der Waals surface area contributed by atoms with E-state index in [-0.39, 0.29) is 24.5 Å². The molecule has 1 amide bonds. The minimum Gasteiger partial charge on any atom is -0.492 e. The van der Waals surface area contributed by atoms with Crippen molar-refractivity contribution in [3.05, 3.63) is 63.6 Å². The first kappa shape index (κ1) is 19.1. The third kappa shape index (κ3) is 5.99. The summed E-state index contributed by atoms with van der Waals surface area (Å²) >= 11 is 11.7. The maximum absolute atomic E-state index is 13.4. The molecule has 2 aromatic carbocycles. The topological polar surface area (TPSA) is 50.7 Å². The second-order valence-electron chi connectivity index (χ2n) is 4.96. The quantitative estimate of drug-likeness (QED) is 0.430. The van der Waals surface area contributed by atoms with Gasteiger partial charge in [0.2, 0.25) is 5.91 Å². The molecule has 0 fully saturated rings.